The molecule has 0 fully saturated rings. The Kier molecular flexibility index (Phi) is 1.08. The van der Waals surface area contributed by atoms with E-state index in [2.05, 4.69) is 15.3 Å². The van der Waals surface area contributed by atoms with Crippen molar-refractivity contribution in [2.45, 2.75) is 0 Å². The van der Waals surface area contributed by atoms with Crippen LogP contribution in [0.25, 0.3) is 0 Å². The Bertz CT molecular complexity index is 145. The highest BCUT2D eigenvalue weighted by atomic mass is 32.1. The summed E-state index contributed by atoms with van der Waals surface area (Å²) in [6.45, 7) is 0. The predicted molar refractivity (Wildman–Crippen MR) is 24.1 cm³/mol. The second-order valence-corrected chi connectivity index (χ2v) is 1.63. The van der Waals surface area contributed by atoms with Crippen molar-refractivity contribution in [1.29, 1.82) is 0 Å². The largest absolute Gasteiger partial charge is 0.253 e. The minimum absolute atomic E-state index is 0.292. The topological polar surface area (TPSA) is 60.4 Å². The number of hydrogen-bond acceptors (Lipinski definition) is 4. The van der Waals surface area contributed by atoms with E-state index in [1.807, 2.05) is 0 Å². The lowest BCUT2D eigenvalue weighted by Gasteiger charge is -1.63. The first-order chi connectivity index (χ1) is 3.43. The van der Waals surface area contributed by atoms with Crippen molar-refractivity contribution in [3.63, 3.8) is 0 Å². The molecule has 0 N–H and O–H groups in total. The van der Waals surface area contributed by atoms with E-state index in [1.54, 1.807) is 0 Å². The van der Waals surface area contributed by atoms with Crippen molar-refractivity contribution in [1.82, 2.24) is 15.7 Å². The van der Waals surface area contributed by atoms with Crippen LogP contribution in [0, 0.1) is 0 Å². The first-order valence-corrected chi connectivity index (χ1v) is 2.42. The summed E-state index contributed by atoms with van der Waals surface area (Å²) >= 11 is 1.18. The zero-order valence-corrected chi connectivity index (χ0v) is 4.09. The Balaban J connectivity index is 2.96. The lowest BCUT2D eigenvalue weighted by atomic mass is 11.3. The maximum atomic E-state index is 7.96. The van der Waals surface area contributed by atoms with E-state index in [1.165, 1.54) is 16.8 Å². The van der Waals surface area contributed by atoms with Crippen LogP contribution in [0.1, 0.15) is 0 Å². The van der Waals surface area contributed by atoms with Crippen molar-refractivity contribution < 1.29 is 0 Å². The Morgan fingerprint density at radius 1 is 1.86 bits per heavy atom. The second-order valence-electron chi connectivity index (χ2n) is 0.821. The molecule has 0 atom stereocenters. The molecular formula is C2HN4S. The average molecular weight is 113 g/mol. The van der Waals surface area contributed by atoms with Gasteiger partial charge in [-0.15, -0.1) is 10.2 Å². The molecule has 7 heavy (non-hydrogen) atoms. The van der Waals surface area contributed by atoms with Gasteiger partial charge in [-0.3, -0.25) is 0 Å². The molecule has 0 unspecified atom stereocenters. The van der Waals surface area contributed by atoms with E-state index < -0.39 is 0 Å². The molecule has 1 aromatic rings. The SMILES string of the molecule is [N]=Nc1nncs1. The number of hydrogen-bond donors (Lipinski definition) is 0. The van der Waals surface area contributed by atoms with Gasteiger partial charge in [0.05, 0.1) is 0 Å². The van der Waals surface area contributed by atoms with Gasteiger partial charge in [-0.25, -0.2) is 0 Å². The normalized spacial score (nSPS) is 8.57. The molecule has 0 saturated heterocycles. The molecule has 0 aliphatic heterocycles. The molecule has 0 bridgehead atoms. The fourth-order valence-corrected chi connectivity index (χ4v) is 0.541. The second kappa shape index (κ2) is 1.74. The highest BCUT2D eigenvalue weighted by Crippen LogP contribution is 2.09. The van der Waals surface area contributed by atoms with Crippen LogP contribution in [0.15, 0.2) is 10.6 Å². The van der Waals surface area contributed by atoms with E-state index >= 15 is 0 Å². The van der Waals surface area contributed by atoms with Crippen LogP contribution < -0.4 is 5.53 Å². The fourth-order valence-electron chi connectivity index (χ4n) is 0.211. The van der Waals surface area contributed by atoms with Gasteiger partial charge in [0.1, 0.15) is 5.51 Å². The first kappa shape index (κ1) is 4.32. The molecule has 1 radical (unpaired) electrons. The van der Waals surface area contributed by atoms with Crippen LogP contribution in [0.2, 0.25) is 0 Å². The average Bonchev–Trinajstić information content (AvgIpc) is 2.14. The van der Waals surface area contributed by atoms with Gasteiger partial charge in [0.2, 0.25) is 0 Å². The quantitative estimate of drug-likeness (QED) is 0.495. The van der Waals surface area contributed by atoms with Crippen LogP contribution in [0.3, 0.4) is 0 Å². The minimum Gasteiger partial charge on any atom is -0.145 e. The number of rotatable bonds is 1. The molecule has 0 aromatic carbocycles. The summed E-state index contributed by atoms with van der Waals surface area (Å²) in [5.41, 5.74) is 9.45. The van der Waals surface area contributed by atoms with Crippen molar-refractivity contribution in [2.75, 3.05) is 0 Å². The van der Waals surface area contributed by atoms with E-state index in [4.69, 9.17) is 5.53 Å². The van der Waals surface area contributed by atoms with Crippen molar-refractivity contribution >= 4 is 16.5 Å². The molecule has 0 aliphatic carbocycles. The Morgan fingerprint density at radius 2 is 2.71 bits per heavy atom. The summed E-state index contributed by atoms with van der Waals surface area (Å²) < 4.78 is 0. The molecule has 35 valence electrons. The smallest absolute Gasteiger partial charge is 0.145 e. The Labute approximate surface area is 43.7 Å². The third kappa shape index (κ3) is 0.774. The van der Waals surface area contributed by atoms with E-state index in [0.717, 1.165) is 0 Å². The molecular weight excluding hydrogens is 112 g/mol. The highest BCUT2D eigenvalue weighted by Gasteiger charge is 1.86. The molecule has 0 spiro atoms. The van der Waals surface area contributed by atoms with Gasteiger partial charge >= 0.3 is 0 Å². The molecule has 1 heterocycles. The molecule has 0 aliphatic rings. The molecule has 0 amide bonds. The summed E-state index contributed by atoms with van der Waals surface area (Å²) in [6.07, 6.45) is 0. The van der Waals surface area contributed by atoms with Gasteiger partial charge in [-0.05, 0) is 5.53 Å². The monoisotopic (exact) mass is 113 g/mol. The van der Waals surface area contributed by atoms with Crippen LogP contribution in [0.4, 0.5) is 5.13 Å². The summed E-state index contributed by atoms with van der Waals surface area (Å²) in [4.78, 5) is 0. The Hall–Kier alpha value is -0.840. The van der Waals surface area contributed by atoms with Crippen LogP contribution in [0.5, 0.6) is 0 Å². The van der Waals surface area contributed by atoms with Gasteiger partial charge in [-0.1, -0.05) is 16.5 Å². The third-order valence-electron chi connectivity index (χ3n) is 0.434. The van der Waals surface area contributed by atoms with Crippen molar-refractivity contribution in [2.24, 2.45) is 5.11 Å². The number of aromatic nitrogens is 2. The maximum Gasteiger partial charge on any atom is 0.253 e. The minimum atomic E-state index is 0.292. The number of nitrogens with zero attached hydrogens (tertiary/aromatic N) is 4. The molecule has 4 nitrogen and oxygen atoms in total. The standard InChI is InChI=1S/C2HN4S/c3-5-2-6-4-1-7-2/h1H. The van der Waals surface area contributed by atoms with Crippen LogP contribution in [-0.4, -0.2) is 10.2 Å². The lowest BCUT2D eigenvalue weighted by Crippen LogP contribution is -1.60. The zero-order valence-electron chi connectivity index (χ0n) is 3.27. The van der Waals surface area contributed by atoms with Gasteiger partial charge in [-0.2, -0.15) is 0 Å². The summed E-state index contributed by atoms with van der Waals surface area (Å²) in [7, 11) is 0. The fraction of sp³-hybridized carbons (Fsp3) is 0. The summed E-state index contributed by atoms with van der Waals surface area (Å²) in [5.74, 6) is 0. The zero-order chi connectivity index (χ0) is 5.11. The first-order valence-electron chi connectivity index (χ1n) is 1.55. The van der Waals surface area contributed by atoms with E-state index in [0.29, 0.717) is 5.13 Å². The van der Waals surface area contributed by atoms with Gasteiger partial charge in [0.15, 0.2) is 0 Å². The van der Waals surface area contributed by atoms with Gasteiger partial charge in [0, 0.05) is 0 Å². The predicted octanol–water partition coefficient (Wildman–Crippen LogP) is 0.422. The molecule has 0 saturated carbocycles. The highest BCUT2D eigenvalue weighted by molar-refractivity contribution is 7.12. The van der Waals surface area contributed by atoms with E-state index in [-0.39, 0.29) is 0 Å². The van der Waals surface area contributed by atoms with E-state index in [9.17, 15) is 0 Å². The molecule has 5 heteroatoms. The summed E-state index contributed by atoms with van der Waals surface area (Å²) in [5, 5.41) is 9.86. The maximum absolute atomic E-state index is 7.96. The molecule has 1 rings (SSSR count). The van der Waals surface area contributed by atoms with Crippen molar-refractivity contribution in [3.8, 4) is 0 Å². The van der Waals surface area contributed by atoms with Crippen molar-refractivity contribution in [3.05, 3.63) is 5.51 Å². The van der Waals surface area contributed by atoms with Gasteiger partial charge < -0.3 is 0 Å². The van der Waals surface area contributed by atoms with Crippen LogP contribution >= 0.6 is 11.3 Å². The Morgan fingerprint density at radius 3 is 3.00 bits per heavy atom. The van der Waals surface area contributed by atoms with Crippen LogP contribution in [-0.2, 0) is 0 Å². The summed E-state index contributed by atoms with van der Waals surface area (Å²) in [6, 6.07) is 0. The van der Waals surface area contributed by atoms with Gasteiger partial charge in [0.25, 0.3) is 5.13 Å². The lowest BCUT2D eigenvalue weighted by molar-refractivity contribution is 1.06. The third-order valence-corrected chi connectivity index (χ3v) is 1.01. The molecule has 1 aromatic heterocycles.